The molecule has 1 unspecified atom stereocenters. The van der Waals surface area contributed by atoms with Gasteiger partial charge in [-0.05, 0) is 86.5 Å². The van der Waals surface area contributed by atoms with Gasteiger partial charge in [0.15, 0.2) is 5.78 Å². The number of ketones is 1. The summed E-state index contributed by atoms with van der Waals surface area (Å²) in [6.45, 7) is 12.9. The number of Topliss-reactive ketones (excluding diaryl/α,β-unsaturated/α-hetero) is 1. The molecule has 0 aliphatic heterocycles. The van der Waals surface area contributed by atoms with Crippen LogP contribution < -0.4 is 0 Å². The Kier molecular flexibility index (Phi) is 5.62. The molecular weight excluding hydrogens is 428 g/mol. The number of hydrogen-bond donors (Lipinski definition) is 1. The molecule has 5 heteroatoms. The van der Waals surface area contributed by atoms with E-state index in [9.17, 15) is 19.5 Å². The fourth-order valence-corrected chi connectivity index (χ4v) is 8.48. The second-order valence-corrected chi connectivity index (χ2v) is 12.7. The third-order valence-electron chi connectivity index (χ3n) is 10.9. The number of methoxy groups -OCH3 is 1. The molecule has 0 aromatic rings. The van der Waals surface area contributed by atoms with Gasteiger partial charge in [-0.2, -0.15) is 0 Å². The zero-order valence-electron chi connectivity index (χ0n) is 21.8. The lowest BCUT2D eigenvalue weighted by Crippen LogP contribution is -2.62. The fraction of sp³-hybridized carbons (Fsp3) is 0.690. The van der Waals surface area contributed by atoms with Crippen molar-refractivity contribution in [3.63, 3.8) is 0 Å². The summed E-state index contributed by atoms with van der Waals surface area (Å²) in [5.41, 5.74) is 1.41. The number of rotatable bonds is 3. The molecule has 1 N–H and O–H groups in total. The summed E-state index contributed by atoms with van der Waals surface area (Å²) in [6, 6.07) is 0. The summed E-state index contributed by atoms with van der Waals surface area (Å²) in [4.78, 5) is 37.0. The van der Waals surface area contributed by atoms with E-state index in [1.165, 1.54) is 25.7 Å². The number of aliphatic carboxylic acids is 1. The fourth-order valence-electron chi connectivity index (χ4n) is 8.48. The van der Waals surface area contributed by atoms with Crippen LogP contribution in [0.5, 0.6) is 0 Å². The largest absolute Gasteiger partial charge is 0.478 e. The van der Waals surface area contributed by atoms with Crippen molar-refractivity contribution in [2.24, 2.45) is 33.0 Å². The van der Waals surface area contributed by atoms with Crippen molar-refractivity contribution >= 4 is 17.7 Å². The second kappa shape index (κ2) is 7.66. The van der Waals surface area contributed by atoms with Crippen molar-refractivity contribution in [1.82, 2.24) is 0 Å². The second-order valence-electron chi connectivity index (χ2n) is 12.7. The molecule has 0 heterocycles. The van der Waals surface area contributed by atoms with Gasteiger partial charge in [0.05, 0.1) is 12.5 Å². The molecule has 0 spiro atoms. The molecule has 186 valence electrons. The number of ether oxygens (including phenoxy) is 1. The van der Waals surface area contributed by atoms with E-state index in [4.69, 9.17) is 4.74 Å². The number of esters is 1. The Balaban J connectivity index is 1.85. The normalized spacial score (nSPS) is 44.7. The first-order valence-electron chi connectivity index (χ1n) is 12.6. The maximum absolute atomic E-state index is 12.8. The highest BCUT2D eigenvalue weighted by Gasteiger charge is 2.67. The Morgan fingerprint density at radius 2 is 1.62 bits per heavy atom. The summed E-state index contributed by atoms with van der Waals surface area (Å²) in [6.07, 6.45) is 11.7. The first kappa shape index (κ1) is 24.9. The van der Waals surface area contributed by atoms with Gasteiger partial charge in [-0.1, -0.05) is 45.4 Å². The summed E-state index contributed by atoms with van der Waals surface area (Å²) >= 11 is 0. The van der Waals surface area contributed by atoms with Crippen LogP contribution in [0.4, 0.5) is 0 Å². The van der Waals surface area contributed by atoms with Crippen LogP contribution in [-0.2, 0) is 19.1 Å². The summed E-state index contributed by atoms with van der Waals surface area (Å²) in [5.74, 6) is -0.865. The highest BCUT2D eigenvalue weighted by Crippen LogP contribution is 2.75. The van der Waals surface area contributed by atoms with Crippen LogP contribution in [0, 0.1) is 33.0 Å². The van der Waals surface area contributed by atoms with Gasteiger partial charge >= 0.3 is 11.9 Å². The van der Waals surface area contributed by atoms with Gasteiger partial charge in [0.25, 0.3) is 0 Å². The molecule has 0 radical (unpaired) electrons. The number of fused-ring (bicyclic) bond motifs is 5. The number of carbonyl (C=O) groups is 3. The molecule has 4 aliphatic rings. The van der Waals surface area contributed by atoms with Crippen molar-refractivity contribution in [2.75, 3.05) is 7.11 Å². The predicted octanol–water partition coefficient (Wildman–Crippen LogP) is 6.05. The molecule has 4 aliphatic carbocycles. The lowest BCUT2D eigenvalue weighted by molar-refractivity contribution is -0.180. The lowest BCUT2D eigenvalue weighted by Gasteiger charge is -2.69. The minimum absolute atomic E-state index is 0.0447. The Morgan fingerprint density at radius 1 is 0.971 bits per heavy atom. The molecule has 6 atom stereocenters. The number of allylic oxidation sites excluding steroid dienone is 5. The number of carbonyl (C=O) groups excluding carboxylic acids is 2. The molecule has 0 saturated heterocycles. The van der Waals surface area contributed by atoms with Crippen molar-refractivity contribution in [3.8, 4) is 0 Å². The quantitative estimate of drug-likeness (QED) is 0.403. The summed E-state index contributed by atoms with van der Waals surface area (Å²) < 4.78 is 5.23. The average Bonchev–Trinajstić information content (AvgIpc) is 2.76. The molecule has 0 amide bonds. The van der Waals surface area contributed by atoms with Crippen LogP contribution in [0.25, 0.3) is 0 Å². The van der Waals surface area contributed by atoms with E-state index in [0.717, 1.165) is 44.9 Å². The number of hydrogen-bond acceptors (Lipinski definition) is 4. The van der Waals surface area contributed by atoms with Gasteiger partial charge in [0, 0.05) is 17.1 Å². The van der Waals surface area contributed by atoms with Crippen LogP contribution >= 0.6 is 0 Å². The first-order chi connectivity index (χ1) is 15.7. The zero-order chi connectivity index (χ0) is 25.3. The van der Waals surface area contributed by atoms with Crippen LogP contribution in [0.2, 0.25) is 0 Å². The van der Waals surface area contributed by atoms with Gasteiger partial charge < -0.3 is 9.84 Å². The Morgan fingerprint density at radius 3 is 2.21 bits per heavy atom. The van der Waals surface area contributed by atoms with Crippen LogP contribution in [0.15, 0.2) is 34.9 Å². The minimum atomic E-state index is -1.01. The highest BCUT2D eigenvalue weighted by molar-refractivity contribution is 6.01. The number of carboxylic acids is 1. The van der Waals surface area contributed by atoms with E-state index < -0.39 is 16.8 Å². The number of carboxylic acid groups (broad SMARTS) is 1. The topological polar surface area (TPSA) is 80.7 Å². The molecule has 4 rings (SSSR count). The third-order valence-corrected chi connectivity index (χ3v) is 10.9. The molecule has 0 aromatic carbocycles. The molecule has 3 fully saturated rings. The average molecular weight is 469 g/mol. The molecule has 34 heavy (non-hydrogen) atoms. The Bertz CT molecular complexity index is 1050. The monoisotopic (exact) mass is 468 g/mol. The summed E-state index contributed by atoms with van der Waals surface area (Å²) in [5, 5.41) is 9.66. The van der Waals surface area contributed by atoms with E-state index in [2.05, 4.69) is 40.7 Å². The minimum Gasteiger partial charge on any atom is -0.478 e. The predicted molar refractivity (Wildman–Crippen MR) is 131 cm³/mol. The molecular formula is C29H40O5. The molecule has 0 bridgehead atoms. The van der Waals surface area contributed by atoms with Crippen LogP contribution in [0.1, 0.15) is 86.5 Å². The van der Waals surface area contributed by atoms with Crippen molar-refractivity contribution in [3.05, 3.63) is 34.9 Å². The lowest BCUT2D eigenvalue weighted by atomic mass is 9.34. The SMILES string of the molecule is COC(=O)[C@]1(C)CC[C@]2(C)CC[C@@]3(C)C4=CC=C(C(C)=O)/C(=C\C(=O)O)[C@]4(C)CC[C@]3(C)C2C1. The van der Waals surface area contributed by atoms with E-state index in [0.29, 0.717) is 17.1 Å². The molecule has 3 saturated carbocycles. The van der Waals surface area contributed by atoms with Gasteiger partial charge in [0.1, 0.15) is 0 Å². The highest BCUT2D eigenvalue weighted by atomic mass is 16.5. The van der Waals surface area contributed by atoms with Crippen molar-refractivity contribution in [1.29, 1.82) is 0 Å². The zero-order valence-corrected chi connectivity index (χ0v) is 21.8. The molecule has 0 aromatic heterocycles. The maximum Gasteiger partial charge on any atom is 0.328 e. The smallest absolute Gasteiger partial charge is 0.328 e. The summed E-state index contributed by atoms with van der Waals surface area (Å²) in [7, 11) is 1.49. The van der Waals surface area contributed by atoms with Crippen molar-refractivity contribution in [2.45, 2.75) is 86.5 Å². The van der Waals surface area contributed by atoms with E-state index >= 15 is 0 Å². The standard InChI is InChI=1S/C29H40O5/c1-18(30)19-8-9-21-27(4,20(19)16-23(31)32)13-15-29(6)22-17-26(3,24(33)34-7)11-10-25(22,2)12-14-28(21,29)5/h8-9,16,22H,10-15,17H2,1-7H3,(H,31,32)/b20-16+/t22?,25-,26-,27+,28+,29-/m1/s1. The van der Waals surface area contributed by atoms with Gasteiger partial charge in [-0.25, -0.2) is 4.79 Å². The van der Waals surface area contributed by atoms with Gasteiger partial charge in [-0.15, -0.1) is 0 Å². The Labute approximate surface area is 203 Å². The first-order valence-corrected chi connectivity index (χ1v) is 12.6. The van der Waals surface area contributed by atoms with Crippen molar-refractivity contribution < 1.29 is 24.2 Å². The molecule has 5 nitrogen and oxygen atoms in total. The third kappa shape index (κ3) is 3.21. The van der Waals surface area contributed by atoms with Gasteiger partial charge in [-0.3, -0.25) is 9.59 Å². The van der Waals surface area contributed by atoms with Crippen LogP contribution in [-0.4, -0.2) is 29.9 Å². The Hall–Kier alpha value is -2.17. The van der Waals surface area contributed by atoms with Gasteiger partial charge in [0.2, 0.25) is 0 Å². The maximum atomic E-state index is 12.8. The van der Waals surface area contributed by atoms with E-state index in [1.54, 1.807) is 0 Å². The van der Waals surface area contributed by atoms with Crippen LogP contribution in [0.3, 0.4) is 0 Å². The van der Waals surface area contributed by atoms with E-state index in [1.807, 2.05) is 6.08 Å². The van der Waals surface area contributed by atoms with E-state index in [-0.39, 0.29) is 28.0 Å².